The lowest BCUT2D eigenvalue weighted by molar-refractivity contribution is -0.193. The number of hydrogen-bond donors (Lipinski definition) is 0. The van der Waals surface area contributed by atoms with Crippen molar-refractivity contribution in [2.75, 3.05) is 19.8 Å². The molecule has 0 N–H and O–H groups in total. The van der Waals surface area contributed by atoms with E-state index in [1.54, 1.807) is 5.06 Å². The number of nitrogens with zero attached hydrogens (tertiary/aromatic N) is 1. The van der Waals surface area contributed by atoms with Crippen molar-refractivity contribution in [1.29, 1.82) is 0 Å². The van der Waals surface area contributed by atoms with Crippen molar-refractivity contribution >= 4 is 5.91 Å². The first-order chi connectivity index (χ1) is 8.36. The van der Waals surface area contributed by atoms with Gasteiger partial charge in [0.25, 0.3) is 5.91 Å². The van der Waals surface area contributed by atoms with E-state index in [0.717, 1.165) is 12.0 Å². The second kappa shape index (κ2) is 4.47. The number of hydrogen-bond acceptors (Lipinski definition) is 3. The van der Waals surface area contributed by atoms with E-state index in [1.807, 2.05) is 30.3 Å². The molecule has 1 amide bonds. The van der Waals surface area contributed by atoms with Gasteiger partial charge in [0, 0.05) is 6.42 Å². The van der Waals surface area contributed by atoms with Gasteiger partial charge in [-0.15, -0.1) is 0 Å². The van der Waals surface area contributed by atoms with Crippen LogP contribution in [0.15, 0.2) is 30.3 Å². The third-order valence-corrected chi connectivity index (χ3v) is 3.29. The molecule has 4 nitrogen and oxygen atoms in total. The monoisotopic (exact) mass is 233 g/mol. The molecule has 0 spiro atoms. The Morgan fingerprint density at radius 2 is 2.00 bits per heavy atom. The summed E-state index contributed by atoms with van der Waals surface area (Å²) in [5.41, 5.74) is 1.14. The van der Waals surface area contributed by atoms with Crippen molar-refractivity contribution in [1.82, 2.24) is 5.06 Å². The quantitative estimate of drug-likeness (QED) is 0.777. The molecule has 0 radical (unpaired) electrons. The van der Waals surface area contributed by atoms with Gasteiger partial charge >= 0.3 is 0 Å². The van der Waals surface area contributed by atoms with Crippen LogP contribution in [0.1, 0.15) is 18.0 Å². The number of amides is 1. The van der Waals surface area contributed by atoms with Gasteiger partial charge in [-0.3, -0.25) is 9.63 Å². The Bertz CT molecular complexity index is 402. The van der Waals surface area contributed by atoms with E-state index in [0.29, 0.717) is 19.8 Å². The molecule has 2 aliphatic heterocycles. The molecule has 0 bridgehead atoms. The van der Waals surface area contributed by atoms with Crippen LogP contribution in [-0.2, 0) is 14.4 Å². The van der Waals surface area contributed by atoms with Gasteiger partial charge in [-0.25, -0.2) is 5.06 Å². The van der Waals surface area contributed by atoms with E-state index in [1.165, 1.54) is 0 Å². The Balaban J connectivity index is 1.77. The summed E-state index contributed by atoms with van der Waals surface area (Å²) in [4.78, 5) is 17.6. The van der Waals surface area contributed by atoms with Gasteiger partial charge in [0.05, 0.1) is 31.8 Å². The second-order valence-corrected chi connectivity index (χ2v) is 4.45. The van der Waals surface area contributed by atoms with E-state index in [4.69, 9.17) is 9.57 Å². The molecule has 17 heavy (non-hydrogen) atoms. The first-order valence-electron chi connectivity index (χ1n) is 5.95. The largest absolute Gasteiger partial charge is 0.380 e. The van der Waals surface area contributed by atoms with Crippen molar-refractivity contribution in [2.45, 2.75) is 12.5 Å². The summed E-state index contributed by atoms with van der Waals surface area (Å²) in [6, 6.07) is 10.1. The average Bonchev–Trinajstić information content (AvgIpc) is 2.76. The van der Waals surface area contributed by atoms with Crippen molar-refractivity contribution in [3.63, 3.8) is 0 Å². The lowest BCUT2D eigenvalue weighted by Crippen LogP contribution is -2.44. The van der Waals surface area contributed by atoms with E-state index in [-0.39, 0.29) is 17.9 Å². The standard InChI is InChI=1S/C13H15NO3/c15-13(11-8-16-9-11)14-12(6-7-17-14)10-4-2-1-3-5-10/h1-5,11-12H,6-9H2/t12-/m0/s1. The van der Waals surface area contributed by atoms with Gasteiger partial charge < -0.3 is 4.74 Å². The first kappa shape index (κ1) is 10.7. The molecule has 0 unspecified atom stereocenters. The number of benzene rings is 1. The summed E-state index contributed by atoms with van der Waals surface area (Å²) in [5.74, 6) is 0.0434. The summed E-state index contributed by atoms with van der Waals surface area (Å²) in [7, 11) is 0. The summed E-state index contributed by atoms with van der Waals surface area (Å²) in [6.45, 7) is 1.67. The Morgan fingerprint density at radius 1 is 1.24 bits per heavy atom. The highest BCUT2D eigenvalue weighted by molar-refractivity contribution is 5.79. The molecule has 1 aromatic rings. The Hall–Kier alpha value is -1.39. The number of hydroxylamine groups is 2. The van der Waals surface area contributed by atoms with Gasteiger partial charge in [0.15, 0.2) is 0 Å². The number of carbonyl (C=O) groups is 1. The van der Waals surface area contributed by atoms with Crippen LogP contribution in [-0.4, -0.2) is 30.8 Å². The lowest BCUT2D eigenvalue weighted by Gasteiger charge is -2.31. The molecule has 1 atom stereocenters. The highest BCUT2D eigenvalue weighted by Gasteiger charge is 2.38. The van der Waals surface area contributed by atoms with Crippen LogP contribution in [0.2, 0.25) is 0 Å². The van der Waals surface area contributed by atoms with Crippen LogP contribution in [0.5, 0.6) is 0 Å². The summed E-state index contributed by atoms with van der Waals surface area (Å²) in [5, 5.41) is 1.54. The third kappa shape index (κ3) is 1.94. The maximum absolute atomic E-state index is 12.1. The summed E-state index contributed by atoms with van der Waals surface area (Å²) < 4.78 is 5.05. The molecule has 3 rings (SSSR count). The van der Waals surface area contributed by atoms with E-state index in [9.17, 15) is 4.79 Å². The molecule has 0 aliphatic carbocycles. The van der Waals surface area contributed by atoms with Crippen LogP contribution in [0.3, 0.4) is 0 Å². The minimum atomic E-state index is -0.0145. The number of carbonyl (C=O) groups excluding carboxylic acids is 1. The molecule has 2 fully saturated rings. The van der Waals surface area contributed by atoms with Crippen molar-refractivity contribution in [2.24, 2.45) is 5.92 Å². The van der Waals surface area contributed by atoms with E-state index < -0.39 is 0 Å². The highest BCUT2D eigenvalue weighted by Crippen LogP contribution is 2.32. The molecule has 0 saturated carbocycles. The fraction of sp³-hybridized carbons (Fsp3) is 0.462. The SMILES string of the molecule is O=C(C1COC1)N1OCC[C@H]1c1ccccc1. The topological polar surface area (TPSA) is 38.8 Å². The van der Waals surface area contributed by atoms with E-state index in [2.05, 4.69) is 0 Å². The van der Waals surface area contributed by atoms with Crippen LogP contribution < -0.4 is 0 Å². The molecule has 90 valence electrons. The smallest absolute Gasteiger partial charge is 0.254 e. The lowest BCUT2D eigenvalue weighted by atomic mass is 10.0. The van der Waals surface area contributed by atoms with Crippen LogP contribution in [0.4, 0.5) is 0 Å². The zero-order chi connectivity index (χ0) is 11.7. The zero-order valence-electron chi connectivity index (χ0n) is 9.54. The predicted molar refractivity (Wildman–Crippen MR) is 60.9 cm³/mol. The van der Waals surface area contributed by atoms with Crippen LogP contribution >= 0.6 is 0 Å². The van der Waals surface area contributed by atoms with Gasteiger partial charge in [-0.2, -0.15) is 0 Å². The number of rotatable bonds is 2. The van der Waals surface area contributed by atoms with Crippen molar-refractivity contribution in [3.05, 3.63) is 35.9 Å². The van der Waals surface area contributed by atoms with Crippen molar-refractivity contribution in [3.8, 4) is 0 Å². The summed E-state index contributed by atoms with van der Waals surface area (Å²) >= 11 is 0. The van der Waals surface area contributed by atoms with E-state index >= 15 is 0 Å². The molecule has 2 heterocycles. The summed E-state index contributed by atoms with van der Waals surface area (Å²) in [6.07, 6.45) is 0.864. The molecular formula is C13H15NO3. The van der Waals surface area contributed by atoms with Crippen LogP contribution in [0, 0.1) is 5.92 Å². The minimum absolute atomic E-state index is 0.0145. The highest BCUT2D eigenvalue weighted by atomic mass is 16.7. The van der Waals surface area contributed by atoms with Gasteiger partial charge in [0.2, 0.25) is 0 Å². The minimum Gasteiger partial charge on any atom is -0.380 e. The van der Waals surface area contributed by atoms with Gasteiger partial charge in [-0.1, -0.05) is 30.3 Å². The maximum Gasteiger partial charge on any atom is 0.254 e. The molecule has 1 aromatic carbocycles. The Kier molecular flexibility index (Phi) is 2.82. The van der Waals surface area contributed by atoms with Crippen LogP contribution in [0.25, 0.3) is 0 Å². The normalized spacial score (nSPS) is 24.7. The zero-order valence-corrected chi connectivity index (χ0v) is 9.54. The fourth-order valence-electron chi connectivity index (χ4n) is 2.22. The third-order valence-electron chi connectivity index (χ3n) is 3.29. The molecule has 2 saturated heterocycles. The molecule has 0 aromatic heterocycles. The van der Waals surface area contributed by atoms with Gasteiger partial charge in [-0.05, 0) is 5.56 Å². The Morgan fingerprint density at radius 3 is 2.65 bits per heavy atom. The predicted octanol–water partition coefficient (Wildman–Crippen LogP) is 1.54. The van der Waals surface area contributed by atoms with Crippen molar-refractivity contribution < 1.29 is 14.4 Å². The molecular weight excluding hydrogens is 218 g/mol. The fourth-order valence-corrected chi connectivity index (χ4v) is 2.22. The average molecular weight is 233 g/mol. The molecule has 4 heteroatoms. The van der Waals surface area contributed by atoms with Gasteiger partial charge in [0.1, 0.15) is 0 Å². The first-order valence-corrected chi connectivity index (χ1v) is 5.95. The number of ether oxygens (including phenoxy) is 1. The second-order valence-electron chi connectivity index (χ2n) is 4.45. The molecule has 2 aliphatic rings. The maximum atomic E-state index is 12.1. The Labute approximate surface area is 100 Å².